The van der Waals surface area contributed by atoms with E-state index in [2.05, 4.69) is 10.6 Å². The van der Waals surface area contributed by atoms with Crippen molar-refractivity contribution in [1.82, 2.24) is 15.5 Å². The van der Waals surface area contributed by atoms with Crippen molar-refractivity contribution in [2.75, 3.05) is 20.1 Å². The second kappa shape index (κ2) is 13.4. The highest BCUT2D eigenvalue weighted by Crippen LogP contribution is 2.34. The van der Waals surface area contributed by atoms with Crippen LogP contribution in [0.5, 0.6) is 5.75 Å². The minimum atomic E-state index is -0.817. The number of rotatable bonds is 2. The molecule has 3 rings (SSSR count). The molecular weight excluding hydrogens is 470 g/mol. The zero-order chi connectivity index (χ0) is 27.1. The molecule has 1 heterocycles. The molecule has 0 aromatic heterocycles. The first-order valence-corrected chi connectivity index (χ1v) is 13.8. The third-order valence-corrected chi connectivity index (χ3v) is 7.86. The number of para-hydroxylation sites is 1. The van der Waals surface area contributed by atoms with Gasteiger partial charge in [-0.2, -0.15) is 0 Å². The molecule has 37 heavy (non-hydrogen) atoms. The molecule has 8 nitrogen and oxygen atoms in total. The van der Waals surface area contributed by atoms with Crippen LogP contribution in [0.4, 0.5) is 0 Å². The predicted octanol–water partition coefficient (Wildman–Crippen LogP) is 2.71. The maximum absolute atomic E-state index is 13.4. The number of nitrogens with one attached hydrogen (secondary N) is 2. The van der Waals surface area contributed by atoms with Crippen molar-refractivity contribution < 1.29 is 24.2 Å². The van der Waals surface area contributed by atoms with Crippen LogP contribution in [0.2, 0.25) is 0 Å². The lowest BCUT2D eigenvalue weighted by atomic mass is 9.88. The van der Waals surface area contributed by atoms with Crippen molar-refractivity contribution in [3.05, 3.63) is 29.8 Å². The minimum Gasteiger partial charge on any atom is -0.489 e. The smallest absolute Gasteiger partial charge is 0.240 e. The lowest BCUT2D eigenvalue weighted by molar-refractivity contribution is -0.141. The van der Waals surface area contributed by atoms with Crippen molar-refractivity contribution >= 4 is 17.6 Å². The molecule has 2 unspecified atom stereocenters. The molecule has 2 aliphatic rings. The molecule has 1 aliphatic carbocycles. The molecule has 1 aliphatic heterocycles. The van der Waals surface area contributed by atoms with Crippen molar-refractivity contribution in [1.29, 1.82) is 0 Å². The molecule has 0 bridgehead atoms. The summed E-state index contributed by atoms with van der Waals surface area (Å²) in [5.41, 5.74) is 1.07. The number of fused-ring (bicyclic) bond motifs is 1. The van der Waals surface area contributed by atoms with Crippen LogP contribution < -0.4 is 15.4 Å². The zero-order valence-corrected chi connectivity index (χ0v) is 23.0. The Hall–Kier alpha value is -2.45. The number of aliphatic hydroxyl groups is 1. The van der Waals surface area contributed by atoms with Gasteiger partial charge in [-0.05, 0) is 76.8 Å². The number of carbonyl (C=O) groups excluding carboxylic acids is 3. The van der Waals surface area contributed by atoms with Gasteiger partial charge in [-0.1, -0.05) is 25.1 Å². The van der Waals surface area contributed by atoms with Crippen LogP contribution in [0.3, 0.4) is 0 Å². The summed E-state index contributed by atoms with van der Waals surface area (Å²) in [7, 11) is 1.70. The fourth-order valence-corrected chi connectivity index (χ4v) is 5.06. The molecule has 1 fully saturated rings. The molecule has 8 heteroatoms. The van der Waals surface area contributed by atoms with Gasteiger partial charge in [0.25, 0.3) is 0 Å². The predicted molar refractivity (Wildman–Crippen MR) is 143 cm³/mol. The van der Waals surface area contributed by atoms with Gasteiger partial charge < -0.3 is 25.4 Å². The van der Waals surface area contributed by atoms with E-state index in [1.807, 2.05) is 38.1 Å². The van der Waals surface area contributed by atoms with Crippen molar-refractivity contribution in [2.24, 2.45) is 17.8 Å². The Kier molecular flexibility index (Phi) is 10.5. The van der Waals surface area contributed by atoms with Crippen molar-refractivity contribution in [3.8, 4) is 5.75 Å². The van der Waals surface area contributed by atoms with E-state index in [1.165, 1.54) is 0 Å². The minimum absolute atomic E-state index is 0.0298. The molecule has 1 aromatic rings. The Morgan fingerprint density at radius 1 is 1.05 bits per heavy atom. The van der Waals surface area contributed by atoms with Gasteiger partial charge in [0.1, 0.15) is 11.9 Å². The Balaban J connectivity index is 1.80. The van der Waals surface area contributed by atoms with Gasteiger partial charge in [-0.15, -0.1) is 0 Å². The largest absolute Gasteiger partial charge is 0.489 e. The highest BCUT2D eigenvalue weighted by Gasteiger charge is 2.39. The Bertz CT molecular complexity index is 932. The standard InChI is InChI=1S/C29H45N3O5/c1-18-12-15-24(21(4)33)28(35)30-16-8-10-22-9-6-7-11-25(22)37-19(2)17-31-26(23-13-14-23)29(36)32(5)20(3)27(18)34/h6-7,9,11,18-21,23-24,26,31,33H,8,10,12-17H2,1-5H3,(H,30,35)/t18?,19-,20-,21?,24-,26+/m1/s1. The number of benzene rings is 1. The number of likely N-dealkylation sites (N-methyl/N-ethyl adjacent to an activating group) is 1. The molecule has 6 atom stereocenters. The summed E-state index contributed by atoms with van der Waals surface area (Å²) < 4.78 is 6.25. The fourth-order valence-electron chi connectivity index (χ4n) is 5.06. The van der Waals surface area contributed by atoms with E-state index in [4.69, 9.17) is 4.74 Å². The number of aryl methyl sites for hydroxylation is 1. The molecular formula is C29H45N3O5. The van der Waals surface area contributed by atoms with Gasteiger partial charge in [-0.25, -0.2) is 0 Å². The third kappa shape index (κ3) is 8.01. The number of nitrogens with zero attached hydrogens (tertiary/aromatic N) is 1. The van der Waals surface area contributed by atoms with Gasteiger partial charge >= 0.3 is 0 Å². The first-order valence-electron chi connectivity index (χ1n) is 13.8. The van der Waals surface area contributed by atoms with Gasteiger partial charge in [-0.3, -0.25) is 14.4 Å². The first-order chi connectivity index (χ1) is 17.6. The van der Waals surface area contributed by atoms with E-state index in [1.54, 1.807) is 25.8 Å². The summed E-state index contributed by atoms with van der Waals surface area (Å²) in [4.78, 5) is 41.0. The van der Waals surface area contributed by atoms with Crippen LogP contribution in [-0.2, 0) is 20.8 Å². The maximum atomic E-state index is 13.4. The topological polar surface area (TPSA) is 108 Å². The maximum Gasteiger partial charge on any atom is 0.240 e. The number of amides is 2. The van der Waals surface area contributed by atoms with Crippen molar-refractivity contribution in [3.63, 3.8) is 0 Å². The Morgan fingerprint density at radius 3 is 2.43 bits per heavy atom. The van der Waals surface area contributed by atoms with Gasteiger partial charge in [0.15, 0.2) is 5.78 Å². The number of aliphatic hydroxyl groups excluding tert-OH is 1. The summed E-state index contributed by atoms with van der Waals surface area (Å²) in [6.07, 6.45) is 3.38. The van der Waals surface area contributed by atoms with E-state index in [9.17, 15) is 19.5 Å². The van der Waals surface area contributed by atoms with E-state index >= 15 is 0 Å². The second-order valence-electron chi connectivity index (χ2n) is 11.0. The van der Waals surface area contributed by atoms with Crippen LogP contribution >= 0.6 is 0 Å². The highest BCUT2D eigenvalue weighted by atomic mass is 16.5. The van der Waals surface area contributed by atoms with Crippen LogP contribution in [0.1, 0.15) is 65.4 Å². The van der Waals surface area contributed by atoms with Gasteiger partial charge in [0.2, 0.25) is 11.8 Å². The lowest BCUT2D eigenvalue weighted by Crippen LogP contribution is -2.53. The summed E-state index contributed by atoms with van der Waals surface area (Å²) >= 11 is 0. The number of carbonyl (C=O) groups is 3. The molecule has 206 valence electrons. The van der Waals surface area contributed by atoms with E-state index in [0.717, 1.165) is 37.0 Å². The normalized spacial score (nSPS) is 30.6. The number of ether oxygens (including phenoxy) is 1. The third-order valence-electron chi connectivity index (χ3n) is 7.86. The van der Waals surface area contributed by atoms with Crippen LogP contribution in [0, 0.1) is 17.8 Å². The highest BCUT2D eigenvalue weighted by molar-refractivity contribution is 5.92. The average molecular weight is 516 g/mol. The Labute approximate surface area is 221 Å². The van der Waals surface area contributed by atoms with E-state index in [-0.39, 0.29) is 41.6 Å². The molecule has 0 saturated heterocycles. The van der Waals surface area contributed by atoms with Crippen LogP contribution in [0.25, 0.3) is 0 Å². The molecule has 3 N–H and O–H groups in total. The number of ketones is 1. The van der Waals surface area contributed by atoms with E-state index < -0.39 is 18.1 Å². The molecule has 1 aromatic carbocycles. The quantitative estimate of drug-likeness (QED) is 0.559. The first kappa shape index (κ1) is 29.1. The lowest BCUT2D eigenvalue weighted by Gasteiger charge is -2.31. The number of hydrogen-bond donors (Lipinski definition) is 3. The second-order valence-corrected chi connectivity index (χ2v) is 11.0. The molecule has 0 spiro atoms. The number of Topliss-reactive ketones (excluding diaryl/α,β-unsaturated/α-hetero) is 1. The van der Waals surface area contributed by atoms with E-state index in [0.29, 0.717) is 25.9 Å². The summed E-state index contributed by atoms with van der Waals surface area (Å²) in [6.45, 7) is 8.23. The summed E-state index contributed by atoms with van der Waals surface area (Å²) in [6, 6.07) is 6.99. The SMILES string of the molecule is CC1CC[C@H](C(C)O)C(=O)NCCCc2ccccc2O[C@H](C)CN[C@@H](C2CC2)C(=O)N(C)[C@H](C)C1=O. The van der Waals surface area contributed by atoms with Gasteiger partial charge in [0, 0.05) is 26.1 Å². The zero-order valence-electron chi connectivity index (χ0n) is 23.0. The number of hydrogen-bond acceptors (Lipinski definition) is 6. The summed E-state index contributed by atoms with van der Waals surface area (Å²) in [5, 5.41) is 16.7. The molecule has 1 saturated carbocycles. The Morgan fingerprint density at radius 2 is 1.76 bits per heavy atom. The van der Waals surface area contributed by atoms with Crippen LogP contribution in [0.15, 0.2) is 24.3 Å². The van der Waals surface area contributed by atoms with Crippen molar-refractivity contribution in [2.45, 2.75) is 90.5 Å². The van der Waals surface area contributed by atoms with Gasteiger partial charge in [0.05, 0.1) is 24.1 Å². The average Bonchev–Trinajstić information content (AvgIpc) is 3.70. The van der Waals surface area contributed by atoms with Crippen LogP contribution in [-0.4, -0.2) is 72.0 Å². The fraction of sp³-hybridized carbons (Fsp3) is 0.690. The molecule has 2 amide bonds. The monoisotopic (exact) mass is 515 g/mol. The molecule has 0 radical (unpaired) electrons. The summed E-state index contributed by atoms with van der Waals surface area (Å²) in [5.74, 6) is -0.133.